The molecule has 1 saturated carbocycles. The summed E-state index contributed by atoms with van der Waals surface area (Å²) in [6, 6.07) is -0.565. The molecule has 0 aromatic rings. The van der Waals surface area contributed by atoms with Crippen molar-refractivity contribution in [3.8, 4) is 0 Å². The summed E-state index contributed by atoms with van der Waals surface area (Å²) in [7, 11) is 0. The fourth-order valence-corrected chi connectivity index (χ4v) is 3.37. The highest BCUT2D eigenvalue weighted by atomic mass is 16.6. The Morgan fingerprint density at radius 2 is 2.04 bits per heavy atom. The summed E-state index contributed by atoms with van der Waals surface area (Å²) < 4.78 is 10.5. The van der Waals surface area contributed by atoms with Crippen molar-refractivity contribution in [1.82, 2.24) is 10.2 Å². The molecular weight excluding hydrogens is 336 g/mol. The molecule has 0 unspecified atom stereocenters. The number of hydrogen-bond acceptors (Lipinski definition) is 5. The van der Waals surface area contributed by atoms with E-state index in [1.54, 1.807) is 33.8 Å². The van der Waals surface area contributed by atoms with Gasteiger partial charge < -0.3 is 14.8 Å². The summed E-state index contributed by atoms with van der Waals surface area (Å²) in [5.41, 5.74) is -1.33. The van der Waals surface area contributed by atoms with Crippen molar-refractivity contribution < 1.29 is 23.9 Å². The SMILES string of the molecule is C=C[C@@H]1C[C@]1(CNC(=O)[C@@H]1CCCN1C(=O)OC(C)(C)C)C(=O)OCC. The van der Waals surface area contributed by atoms with Crippen molar-refractivity contribution in [2.75, 3.05) is 19.7 Å². The van der Waals surface area contributed by atoms with Gasteiger partial charge >= 0.3 is 12.1 Å². The van der Waals surface area contributed by atoms with Crippen molar-refractivity contribution >= 4 is 18.0 Å². The molecule has 26 heavy (non-hydrogen) atoms. The van der Waals surface area contributed by atoms with Crippen molar-refractivity contribution in [3.05, 3.63) is 12.7 Å². The maximum absolute atomic E-state index is 12.6. The monoisotopic (exact) mass is 366 g/mol. The van der Waals surface area contributed by atoms with Crippen molar-refractivity contribution in [1.29, 1.82) is 0 Å². The van der Waals surface area contributed by atoms with E-state index in [-0.39, 0.29) is 24.3 Å². The van der Waals surface area contributed by atoms with Crippen LogP contribution in [0.1, 0.15) is 47.0 Å². The first kappa shape index (κ1) is 20.3. The van der Waals surface area contributed by atoms with E-state index in [1.807, 2.05) is 0 Å². The van der Waals surface area contributed by atoms with Crippen LogP contribution in [-0.4, -0.2) is 54.2 Å². The molecule has 0 radical (unpaired) electrons. The average molecular weight is 366 g/mol. The molecule has 2 amide bonds. The lowest BCUT2D eigenvalue weighted by molar-refractivity contribution is -0.150. The van der Waals surface area contributed by atoms with Crippen LogP contribution < -0.4 is 5.32 Å². The van der Waals surface area contributed by atoms with Crippen molar-refractivity contribution in [2.24, 2.45) is 11.3 Å². The van der Waals surface area contributed by atoms with Crippen LogP contribution in [0.3, 0.4) is 0 Å². The number of amides is 2. The molecule has 2 fully saturated rings. The van der Waals surface area contributed by atoms with Gasteiger partial charge in [-0.1, -0.05) is 6.08 Å². The van der Waals surface area contributed by atoms with Crippen LogP contribution in [0.25, 0.3) is 0 Å². The van der Waals surface area contributed by atoms with Gasteiger partial charge in [0.1, 0.15) is 11.6 Å². The van der Waals surface area contributed by atoms with Crippen molar-refractivity contribution in [3.63, 3.8) is 0 Å². The quantitative estimate of drug-likeness (QED) is 0.576. The van der Waals surface area contributed by atoms with Crippen LogP contribution in [0.5, 0.6) is 0 Å². The summed E-state index contributed by atoms with van der Waals surface area (Å²) in [6.45, 7) is 11.9. The minimum Gasteiger partial charge on any atom is -0.465 e. The summed E-state index contributed by atoms with van der Waals surface area (Å²) >= 11 is 0. The second kappa shape index (κ2) is 7.68. The van der Waals surface area contributed by atoms with E-state index < -0.39 is 23.2 Å². The van der Waals surface area contributed by atoms with Gasteiger partial charge in [-0.15, -0.1) is 6.58 Å². The van der Waals surface area contributed by atoms with E-state index in [9.17, 15) is 14.4 Å². The molecule has 2 aliphatic rings. The lowest BCUT2D eigenvalue weighted by Gasteiger charge is -2.28. The fourth-order valence-electron chi connectivity index (χ4n) is 3.37. The highest BCUT2D eigenvalue weighted by molar-refractivity contribution is 5.88. The summed E-state index contributed by atoms with van der Waals surface area (Å²) in [4.78, 5) is 38.7. The fraction of sp³-hybridized carbons (Fsp3) is 0.737. The first-order chi connectivity index (χ1) is 12.1. The lowest BCUT2D eigenvalue weighted by Crippen LogP contribution is -2.49. The Hall–Kier alpha value is -2.05. The molecule has 1 heterocycles. The van der Waals surface area contributed by atoms with Crippen LogP contribution in [0, 0.1) is 11.3 Å². The molecule has 1 aliphatic carbocycles. The number of ether oxygens (including phenoxy) is 2. The predicted octanol–water partition coefficient (Wildman–Crippen LogP) is 2.26. The van der Waals surface area contributed by atoms with Gasteiger partial charge in [0.15, 0.2) is 0 Å². The van der Waals surface area contributed by atoms with Gasteiger partial charge in [-0.25, -0.2) is 4.79 Å². The smallest absolute Gasteiger partial charge is 0.410 e. The Balaban J connectivity index is 1.97. The summed E-state index contributed by atoms with van der Waals surface area (Å²) in [5.74, 6) is -0.556. The predicted molar refractivity (Wildman–Crippen MR) is 96.3 cm³/mol. The number of allylic oxidation sites excluding steroid dienone is 1. The minimum atomic E-state index is -0.719. The zero-order valence-electron chi connectivity index (χ0n) is 16.2. The molecule has 7 nitrogen and oxygen atoms in total. The molecule has 1 N–H and O–H groups in total. The molecule has 1 aliphatic heterocycles. The van der Waals surface area contributed by atoms with Gasteiger partial charge in [-0.2, -0.15) is 0 Å². The maximum Gasteiger partial charge on any atom is 0.410 e. The molecule has 2 rings (SSSR count). The van der Waals surface area contributed by atoms with Gasteiger partial charge in [0.2, 0.25) is 5.91 Å². The zero-order chi connectivity index (χ0) is 19.5. The Kier molecular flexibility index (Phi) is 5.98. The minimum absolute atomic E-state index is 0.00684. The number of nitrogens with one attached hydrogen (secondary N) is 1. The Labute approximate surface area is 155 Å². The van der Waals surface area contributed by atoms with Crippen LogP contribution in [0.15, 0.2) is 12.7 Å². The molecule has 0 aromatic carbocycles. The molecule has 3 atom stereocenters. The van der Waals surface area contributed by atoms with Gasteiger partial charge in [0, 0.05) is 13.1 Å². The van der Waals surface area contributed by atoms with E-state index in [0.717, 1.165) is 6.42 Å². The number of carbonyl (C=O) groups excluding carboxylic acids is 3. The molecule has 1 saturated heterocycles. The highest BCUT2D eigenvalue weighted by Crippen LogP contribution is 2.53. The maximum atomic E-state index is 12.6. The number of hydrogen-bond donors (Lipinski definition) is 1. The van der Waals surface area contributed by atoms with Gasteiger partial charge in [0.05, 0.1) is 12.0 Å². The van der Waals surface area contributed by atoms with Crippen LogP contribution >= 0.6 is 0 Å². The zero-order valence-corrected chi connectivity index (χ0v) is 16.2. The van der Waals surface area contributed by atoms with E-state index in [1.165, 1.54) is 4.90 Å². The third kappa shape index (κ3) is 4.37. The highest BCUT2D eigenvalue weighted by Gasteiger charge is 2.60. The second-order valence-corrected chi connectivity index (χ2v) is 7.97. The van der Waals surface area contributed by atoms with E-state index in [4.69, 9.17) is 9.47 Å². The first-order valence-corrected chi connectivity index (χ1v) is 9.21. The molecular formula is C19H30N2O5. The van der Waals surface area contributed by atoms with Crippen LogP contribution in [0.4, 0.5) is 4.79 Å². The third-order valence-corrected chi connectivity index (χ3v) is 4.86. The molecule has 0 bridgehead atoms. The van der Waals surface area contributed by atoms with E-state index >= 15 is 0 Å². The Morgan fingerprint density at radius 1 is 1.35 bits per heavy atom. The summed E-state index contributed by atoms with van der Waals surface area (Å²) in [5, 5.41) is 2.84. The van der Waals surface area contributed by atoms with E-state index in [0.29, 0.717) is 26.0 Å². The summed E-state index contributed by atoms with van der Waals surface area (Å²) in [6.07, 6.45) is 3.20. The Bertz CT molecular complexity index is 583. The topological polar surface area (TPSA) is 84.9 Å². The first-order valence-electron chi connectivity index (χ1n) is 9.21. The van der Waals surface area contributed by atoms with Crippen LogP contribution in [0.2, 0.25) is 0 Å². The number of esters is 1. The lowest BCUT2D eigenvalue weighted by atomic mass is 10.0. The van der Waals surface area contributed by atoms with Gasteiger partial charge in [-0.3, -0.25) is 14.5 Å². The number of carbonyl (C=O) groups is 3. The molecule has 0 spiro atoms. The third-order valence-electron chi connectivity index (χ3n) is 4.86. The van der Waals surface area contributed by atoms with Gasteiger partial charge in [-0.05, 0) is 52.9 Å². The van der Waals surface area contributed by atoms with E-state index in [2.05, 4.69) is 11.9 Å². The molecule has 146 valence electrons. The van der Waals surface area contributed by atoms with Crippen molar-refractivity contribution in [2.45, 2.75) is 58.6 Å². The largest absolute Gasteiger partial charge is 0.465 e. The Morgan fingerprint density at radius 3 is 2.58 bits per heavy atom. The standard InChI is InChI=1S/C19H30N2O5/c1-6-13-11-19(13,16(23)25-7-2)12-20-15(22)14-9-8-10-21(14)17(24)26-18(3,4)5/h6,13-14H,1,7-12H2,2-5H3,(H,20,22)/t13-,14+,19-/m1/s1. The van der Waals surface area contributed by atoms with Gasteiger partial charge in [0.25, 0.3) is 0 Å². The number of likely N-dealkylation sites (tertiary alicyclic amines) is 1. The second-order valence-electron chi connectivity index (χ2n) is 7.97. The van der Waals surface area contributed by atoms with Crippen LogP contribution in [-0.2, 0) is 19.1 Å². The number of rotatable bonds is 6. The number of nitrogens with zero attached hydrogens (tertiary/aromatic N) is 1. The average Bonchev–Trinajstić information content (AvgIpc) is 3.05. The molecule has 7 heteroatoms. The normalized spacial score (nSPS) is 27.6. The molecule has 0 aromatic heterocycles.